The molecule has 0 aliphatic carbocycles. The molecule has 1 amide bonds. The van der Waals surface area contributed by atoms with Crippen LogP contribution in [-0.2, 0) is 11.3 Å². The van der Waals surface area contributed by atoms with Gasteiger partial charge >= 0.3 is 5.69 Å². The summed E-state index contributed by atoms with van der Waals surface area (Å²) in [5.74, 6) is -0.418. The van der Waals surface area contributed by atoms with E-state index in [1.165, 1.54) is 11.6 Å². The third kappa shape index (κ3) is 3.76. The second-order valence-electron chi connectivity index (χ2n) is 4.90. The van der Waals surface area contributed by atoms with Crippen LogP contribution in [0.2, 0.25) is 0 Å². The Morgan fingerprint density at radius 2 is 2.04 bits per heavy atom. The number of rotatable bonds is 5. The first kappa shape index (κ1) is 16.3. The lowest BCUT2D eigenvalue weighted by atomic mass is 10.2. The number of aryl methyl sites for hydroxylation is 1. The van der Waals surface area contributed by atoms with Gasteiger partial charge < -0.3 is 0 Å². The number of hydrazone groups is 1. The molecule has 0 unspecified atom stereocenters. The molecule has 0 fully saturated rings. The maximum atomic E-state index is 11.9. The summed E-state index contributed by atoms with van der Waals surface area (Å²) in [7, 11) is 0. The van der Waals surface area contributed by atoms with Crippen LogP contribution in [0, 0.1) is 24.0 Å². The Morgan fingerprint density at radius 1 is 1.39 bits per heavy atom. The number of nitrogens with one attached hydrogen (secondary N) is 1. The zero-order valence-corrected chi connectivity index (χ0v) is 13.0. The Balaban J connectivity index is 2.06. The summed E-state index contributed by atoms with van der Waals surface area (Å²) >= 11 is 0. The monoisotopic (exact) mass is 316 g/mol. The molecule has 0 radical (unpaired) electrons. The van der Waals surface area contributed by atoms with E-state index >= 15 is 0 Å². The molecule has 9 heteroatoms. The first-order chi connectivity index (χ1) is 10.9. The van der Waals surface area contributed by atoms with Crippen molar-refractivity contribution in [2.24, 2.45) is 5.10 Å². The van der Waals surface area contributed by atoms with Crippen LogP contribution in [0.4, 0.5) is 5.69 Å². The summed E-state index contributed by atoms with van der Waals surface area (Å²) in [6.45, 7) is 4.69. The molecule has 9 nitrogen and oxygen atoms in total. The van der Waals surface area contributed by atoms with E-state index in [9.17, 15) is 14.9 Å². The number of hydrogen-bond acceptors (Lipinski definition) is 6. The molecule has 2 heterocycles. The van der Waals surface area contributed by atoms with Gasteiger partial charge in [-0.1, -0.05) is 0 Å². The van der Waals surface area contributed by atoms with Gasteiger partial charge in [0.2, 0.25) is 0 Å². The summed E-state index contributed by atoms with van der Waals surface area (Å²) < 4.78 is 1.29. The highest BCUT2D eigenvalue weighted by molar-refractivity contribution is 5.99. The predicted octanol–water partition coefficient (Wildman–Crippen LogP) is 1.34. The Labute approximate surface area is 132 Å². The van der Waals surface area contributed by atoms with E-state index in [2.05, 4.69) is 20.6 Å². The highest BCUT2D eigenvalue weighted by atomic mass is 16.6. The minimum Gasteiger partial charge on any atom is -0.271 e. The van der Waals surface area contributed by atoms with Crippen LogP contribution in [0.15, 0.2) is 29.6 Å². The summed E-state index contributed by atoms with van der Waals surface area (Å²) in [5, 5.41) is 19.0. The van der Waals surface area contributed by atoms with Crippen LogP contribution < -0.4 is 5.43 Å². The van der Waals surface area contributed by atoms with Gasteiger partial charge in [-0.25, -0.2) is 5.43 Å². The van der Waals surface area contributed by atoms with Crippen LogP contribution in [0.25, 0.3) is 0 Å². The van der Waals surface area contributed by atoms with E-state index < -0.39 is 10.8 Å². The summed E-state index contributed by atoms with van der Waals surface area (Å²) in [4.78, 5) is 26.3. The topological polar surface area (TPSA) is 115 Å². The molecule has 23 heavy (non-hydrogen) atoms. The summed E-state index contributed by atoms with van der Waals surface area (Å²) in [5.41, 5.74) is 4.40. The molecule has 2 aromatic rings. The van der Waals surface area contributed by atoms with Crippen LogP contribution in [0.1, 0.15) is 23.9 Å². The molecule has 0 spiro atoms. The second kappa shape index (κ2) is 6.77. The highest BCUT2D eigenvalue weighted by Gasteiger charge is 2.22. The fraction of sp³-hybridized carbons (Fsp3) is 0.286. The van der Waals surface area contributed by atoms with Crippen LogP contribution in [-0.4, -0.2) is 31.3 Å². The van der Waals surface area contributed by atoms with Crippen molar-refractivity contribution in [1.29, 1.82) is 0 Å². The van der Waals surface area contributed by atoms with Gasteiger partial charge in [-0.05, 0) is 32.9 Å². The molecule has 2 rings (SSSR count). The van der Waals surface area contributed by atoms with Gasteiger partial charge in [-0.15, -0.1) is 0 Å². The smallest absolute Gasteiger partial charge is 0.271 e. The number of nitro groups is 1. The average molecular weight is 316 g/mol. The highest BCUT2D eigenvalue weighted by Crippen LogP contribution is 2.21. The number of carbonyl (C=O) groups is 1. The number of aromatic nitrogens is 3. The first-order valence-electron chi connectivity index (χ1n) is 6.82. The molecular formula is C14H16N6O3. The number of pyridine rings is 1. The SMILES string of the molecule is C/C(=N\NC(=O)Cn1nc(C)c([N+](=O)[O-])c1C)c1ccncc1. The van der Waals surface area contributed by atoms with Crippen molar-refractivity contribution in [3.05, 3.63) is 51.6 Å². The molecule has 120 valence electrons. The molecule has 0 aromatic carbocycles. The van der Waals surface area contributed by atoms with Crippen molar-refractivity contribution in [1.82, 2.24) is 20.2 Å². The minimum absolute atomic E-state index is 0.0748. The quantitative estimate of drug-likeness (QED) is 0.508. The molecule has 2 aromatic heterocycles. The lowest BCUT2D eigenvalue weighted by Crippen LogP contribution is -2.25. The maximum Gasteiger partial charge on any atom is 0.312 e. The van der Waals surface area contributed by atoms with Crippen molar-refractivity contribution in [3.63, 3.8) is 0 Å². The number of carbonyl (C=O) groups excluding carboxylic acids is 1. The third-order valence-electron chi connectivity index (χ3n) is 3.27. The van der Waals surface area contributed by atoms with Crippen LogP contribution >= 0.6 is 0 Å². The normalized spacial score (nSPS) is 11.3. The zero-order valence-electron chi connectivity index (χ0n) is 13.0. The molecule has 0 bridgehead atoms. The van der Waals surface area contributed by atoms with Gasteiger partial charge in [-0.2, -0.15) is 10.2 Å². The van der Waals surface area contributed by atoms with Crippen molar-refractivity contribution < 1.29 is 9.72 Å². The van der Waals surface area contributed by atoms with Gasteiger partial charge in [0.25, 0.3) is 5.91 Å². The first-order valence-corrected chi connectivity index (χ1v) is 6.82. The Morgan fingerprint density at radius 3 is 2.61 bits per heavy atom. The molecule has 0 saturated carbocycles. The van der Waals surface area contributed by atoms with Crippen molar-refractivity contribution >= 4 is 17.3 Å². The summed E-state index contributed by atoms with van der Waals surface area (Å²) in [6, 6.07) is 3.55. The zero-order chi connectivity index (χ0) is 17.0. The van der Waals surface area contributed by atoms with E-state index in [4.69, 9.17) is 0 Å². The number of amides is 1. The van der Waals surface area contributed by atoms with Gasteiger partial charge in [-0.3, -0.25) is 24.6 Å². The Hall–Kier alpha value is -3.10. The maximum absolute atomic E-state index is 11.9. The molecule has 0 aliphatic heterocycles. The van der Waals surface area contributed by atoms with E-state index in [0.717, 1.165) is 5.56 Å². The molecule has 1 N–H and O–H groups in total. The van der Waals surface area contributed by atoms with Crippen LogP contribution in [0.3, 0.4) is 0 Å². The van der Waals surface area contributed by atoms with E-state index in [-0.39, 0.29) is 17.9 Å². The van der Waals surface area contributed by atoms with E-state index in [1.54, 1.807) is 38.4 Å². The van der Waals surface area contributed by atoms with Crippen molar-refractivity contribution in [2.45, 2.75) is 27.3 Å². The van der Waals surface area contributed by atoms with Crippen molar-refractivity contribution in [2.75, 3.05) is 0 Å². The molecule has 0 aliphatic rings. The molecule has 0 atom stereocenters. The van der Waals surface area contributed by atoms with E-state index in [0.29, 0.717) is 11.4 Å². The molecular weight excluding hydrogens is 300 g/mol. The standard InChI is InChI=1S/C14H16N6O3/c1-9(12-4-6-15-7-5-12)16-17-13(21)8-19-11(3)14(20(22)23)10(2)18-19/h4-7H,8H2,1-3H3,(H,17,21)/b16-9+. The van der Waals surface area contributed by atoms with Gasteiger partial charge in [0, 0.05) is 18.0 Å². The molecule has 0 saturated heterocycles. The lowest BCUT2D eigenvalue weighted by Gasteiger charge is -2.04. The van der Waals surface area contributed by atoms with Crippen molar-refractivity contribution in [3.8, 4) is 0 Å². The Kier molecular flexibility index (Phi) is 4.79. The largest absolute Gasteiger partial charge is 0.312 e. The average Bonchev–Trinajstić information content (AvgIpc) is 2.79. The second-order valence-corrected chi connectivity index (χ2v) is 4.90. The van der Waals surface area contributed by atoms with E-state index in [1.807, 2.05) is 0 Å². The van der Waals surface area contributed by atoms with Gasteiger partial charge in [0.05, 0.1) is 10.6 Å². The fourth-order valence-corrected chi connectivity index (χ4v) is 2.08. The van der Waals surface area contributed by atoms with Crippen LogP contribution in [0.5, 0.6) is 0 Å². The Bertz CT molecular complexity index is 766. The number of hydrogen-bond donors (Lipinski definition) is 1. The predicted molar refractivity (Wildman–Crippen MR) is 82.9 cm³/mol. The lowest BCUT2D eigenvalue weighted by molar-refractivity contribution is -0.386. The minimum atomic E-state index is -0.502. The number of nitrogens with zero attached hydrogens (tertiary/aromatic N) is 5. The van der Waals surface area contributed by atoms with Gasteiger partial charge in [0.15, 0.2) is 0 Å². The third-order valence-corrected chi connectivity index (χ3v) is 3.27. The summed E-state index contributed by atoms with van der Waals surface area (Å²) in [6.07, 6.45) is 3.26. The fourth-order valence-electron chi connectivity index (χ4n) is 2.08. The van der Waals surface area contributed by atoms with Gasteiger partial charge in [0.1, 0.15) is 17.9 Å².